The molecule has 0 atom stereocenters. The van der Waals surface area contributed by atoms with Gasteiger partial charge in [-0.3, -0.25) is 4.79 Å². The van der Waals surface area contributed by atoms with Crippen LogP contribution in [0.3, 0.4) is 0 Å². The van der Waals surface area contributed by atoms with Gasteiger partial charge in [0, 0.05) is 11.1 Å². The second-order valence-electron chi connectivity index (χ2n) is 4.61. The molecule has 0 aliphatic rings. The number of carbonyl (C=O) groups is 1. The SMILES string of the molecule is NCCc1ccc(C(=O)c2ccccc2C(F)(F)F)cc1. The van der Waals surface area contributed by atoms with E-state index >= 15 is 0 Å². The zero-order valence-electron chi connectivity index (χ0n) is 11.2. The van der Waals surface area contributed by atoms with Crippen LogP contribution >= 0.6 is 0 Å². The number of halogens is 3. The van der Waals surface area contributed by atoms with Crippen molar-refractivity contribution in [3.05, 3.63) is 70.8 Å². The van der Waals surface area contributed by atoms with Crippen LogP contribution < -0.4 is 5.73 Å². The van der Waals surface area contributed by atoms with E-state index in [4.69, 9.17) is 5.73 Å². The first kappa shape index (κ1) is 15.3. The Morgan fingerprint density at radius 3 is 2.19 bits per heavy atom. The average molecular weight is 293 g/mol. The summed E-state index contributed by atoms with van der Waals surface area (Å²) in [5.41, 5.74) is 5.34. The van der Waals surface area contributed by atoms with Gasteiger partial charge in [-0.05, 0) is 24.6 Å². The Hall–Kier alpha value is -2.14. The fraction of sp³-hybridized carbons (Fsp3) is 0.188. The van der Waals surface area contributed by atoms with Gasteiger partial charge in [-0.15, -0.1) is 0 Å². The monoisotopic (exact) mass is 293 g/mol. The van der Waals surface area contributed by atoms with Gasteiger partial charge in [0.25, 0.3) is 0 Å². The van der Waals surface area contributed by atoms with Crippen molar-refractivity contribution in [3.63, 3.8) is 0 Å². The van der Waals surface area contributed by atoms with Gasteiger partial charge in [-0.25, -0.2) is 0 Å². The molecule has 5 heteroatoms. The summed E-state index contributed by atoms with van der Waals surface area (Å²) in [6.45, 7) is 0.476. The molecule has 0 aliphatic carbocycles. The van der Waals surface area contributed by atoms with Crippen LogP contribution in [0.15, 0.2) is 48.5 Å². The van der Waals surface area contributed by atoms with Crippen LogP contribution in [0.2, 0.25) is 0 Å². The Bertz CT molecular complexity index is 633. The number of hydrogen-bond donors (Lipinski definition) is 1. The first-order valence-corrected chi connectivity index (χ1v) is 6.43. The Morgan fingerprint density at radius 1 is 1.00 bits per heavy atom. The highest BCUT2D eigenvalue weighted by Gasteiger charge is 2.34. The molecule has 0 unspecified atom stereocenters. The number of rotatable bonds is 4. The molecule has 2 nitrogen and oxygen atoms in total. The summed E-state index contributed by atoms with van der Waals surface area (Å²) in [5, 5.41) is 0. The van der Waals surface area contributed by atoms with Crippen LogP contribution in [0.1, 0.15) is 27.0 Å². The molecular formula is C16H14F3NO. The lowest BCUT2D eigenvalue weighted by Crippen LogP contribution is -2.13. The van der Waals surface area contributed by atoms with Crippen LogP contribution in [0.5, 0.6) is 0 Å². The van der Waals surface area contributed by atoms with Crippen molar-refractivity contribution in [2.45, 2.75) is 12.6 Å². The summed E-state index contributed by atoms with van der Waals surface area (Å²) in [6.07, 6.45) is -3.89. The maximum atomic E-state index is 12.9. The van der Waals surface area contributed by atoms with E-state index in [-0.39, 0.29) is 11.1 Å². The third kappa shape index (κ3) is 3.49. The maximum Gasteiger partial charge on any atom is 0.417 e. The summed E-state index contributed by atoms with van der Waals surface area (Å²) in [4.78, 5) is 12.3. The molecule has 0 aliphatic heterocycles. The van der Waals surface area contributed by atoms with Crippen molar-refractivity contribution in [3.8, 4) is 0 Å². The summed E-state index contributed by atoms with van der Waals surface area (Å²) in [7, 11) is 0. The summed E-state index contributed by atoms with van der Waals surface area (Å²) in [5.74, 6) is -0.637. The van der Waals surface area contributed by atoms with E-state index in [0.717, 1.165) is 11.6 Å². The summed E-state index contributed by atoms with van der Waals surface area (Å²) < 4.78 is 38.8. The van der Waals surface area contributed by atoms with Crippen molar-refractivity contribution in [2.75, 3.05) is 6.54 Å². The molecule has 21 heavy (non-hydrogen) atoms. The highest BCUT2D eigenvalue weighted by molar-refractivity contribution is 6.10. The zero-order valence-corrected chi connectivity index (χ0v) is 11.2. The number of carbonyl (C=O) groups excluding carboxylic acids is 1. The van der Waals surface area contributed by atoms with Gasteiger partial charge < -0.3 is 5.73 Å². The first-order chi connectivity index (χ1) is 9.93. The van der Waals surface area contributed by atoms with E-state index < -0.39 is 17.5 Å². The first-order valence-electron chi connectivity index (χ1n) is 6.43. The fourth-order valence-electron chi connectivity index (χ4n) is 2.07. The van der Waals surface area contributed by atoms with Gasteiger partial charge >= 0.3 is 6.18 Å². The largest absolute Gasteiger partial charge is 0.417 e. The summed E-state index contributed by atoms with van der Waals surface area (Å²) in [6, 6.07) is 11.3. The quantitative estimate of drug-likeness (QED) is 0.878. The normalized spacial score (nSPS) is 11.4. The zero-order chi connectivity index (χ0) is 15.5. The lowest BCUT2D eigenvalue weighted by atomic mass is 9.97. The van der Waals surface area contributed by atoms with Crippen molar-refractivity contribution >= 4 is 5.78 Å². The Balaban J connectivity index is 2.36. The van der Waals surface area contributed by atoms with Gasteiger partial charge in [0.1, 0.15) is 0 Å². The molecular weight excluding hydrogens is 279 g/mol. The van der Waals surface area contributed by atoms with E-state index in [1.54, 1.807) is 12.1 Å². The smallest absolute Gasteiger partial charge is 0.330 e. The van der Waals surface area contributed by atoms with Gasteiger partial charge in [-0.2, -0.15) is 13.2 Å². The van der Waals surface area contributed by atoms with Gasteiger partial charge in [0.05, 0.1) is 5.56 Å². The fourth-order valence-corrected chi connectivity index (χ4v) is 2.07. The standard InChI is InChI=1S/C16H14F3NO/c17-16(18,19)14-4-2-1-3-13(14)15(21)12-7-5-11(6-8-12)9-10-20/h1-8H,9-10,20H2. The predicted octanol–water partition coefficient (Wildman–Crippen LogP) is 3.44. The van der Waals surface area contributed by atoms with E-state index in [0.29, 0.717) is 13.0 Å². The Morgan fingerprint density at radius 2 is 1.62 bits per heavy atom. The van der Waals surface area contributed by atoms with Gasteiger partial charge in [0.15, 0.2) is 5.78 Å². The number of benzene rings is 2. The number of alkyl halides is 3. The molecule has 2 aromatic carbocycles. The highest BCUT2D eigenvalue weighted by Crippen LogP contribution is 2.32. The molecule has 0 heterocycles. The Labute approximate surface area is 120 Å². The van der Waals surface area contributed by atoms with E-state index in [2.05, 4.69) is 0 Å². The molecule has 0 saturated carbocycles. The minimum atomic E-state index is -4.55. The molecule has 0 radical (unpaired) electrons. The lowest BCUT2D eigenvalue weighted by molar-refractivity contribution is -0.137. The van der Waals surface area contributed by atoms with Crippen LogP contribution in [-0.4, -0.2) is 12.3 Å². The molecule has 0 bridgehead atoms. The number of ketones is 1. The molecule has 110 valence electrons. The lowest BCUT2D eigenvalue weighted by Gasteiger charge is -2.12. The van der Waals surface area contributed by atoms with Crippen molar-refractivity contribution < 1.29 is 18.0 Å². The van der Waals surface area contributed by atoms with E-state index in [9.17, 15) is 18.0 Å². The molecule has 2 aromatic rings. The molecule has 2 rings (SSSR count). The molecule has 0 amide bonds. The summed E-state index contributed by atoms with van der Waals surface area (Å²) >= 11 is 0. The van der Waals surface area contributed by atoms with Crippen molar-refractivity contribution in [1.29, 1.82) is 0 Å². The predicted molar refractivity (Wildman–Crippen MR) is 74.1 cm³/mol. The molecule has 0 fully saturated rings. The second kappa shape index (κ2) is 6.10. The minimum absolute atomic E-state index is 0.229. The van der Waals surface area contributed by atoms with E-state index in [1.807, 2.05) is 0 Å². The van der Waals surface area contributed by atoms with Crippen molar-refractivity contribution in [1.82, 2.24) is 0 Å². The van der Waals surface area contributed by atoms with Crippen LogP contribution in [0, 0.1) is 0 Å². The maximum absolute atomic E-state index is 12.9. The van der Waals surface area contributed by atoms with Crippen LogP contribution in [0.25, 0.3) is 0 Å². The molecule has 0 saturated heterocycles. The van der Waals surface area contributed by atoms with Crippen LogP contribution in [-0.2, 0) is 12.6 Å². The molecule has 0 spiro atoms. The topological polar surface area (TPSA) is 43.1 Å². The third-order valence-electron chi connectivity index (χ3n) is 3.13. The Kier molecular flexibility index (Phi) is 4.43. The minimum Gasteiger partial charge on any atom is -0.330 e. The molecule has 0 aromatic heterocycles. The number of nitrogens with two attached hydrogens (primary N) is 1. The van der Waals surface area contributed by atoms with Gasteiger partial charge in [-0.1, -0.05) is 42.5 Å². The van der Waals surface area contributed by atoms with E-state index in [1.165, 1.54) is 30.3 Å². The van der Waals surface area contributed by atoms with Crippen molar-refractivity contribution in [2.24, 2.45) is 5.73 Å². The van der Waals surface area contributed by atoms with Crippen LogP contribution in [0.4, 0.5) is 13.2 Å². The highest BCUT2D eigenvalue weighted by atomic mass is 19.4. The third-order valence-corrected chi connectivity index (χ3v) is 3.13. The average Bonchev–Trinajstić information content (AvgIpc) is 2.47. The van der Waals surface area contributed by atoms with Gasteiger partial charge in [0.2, 0.25) is 0 Å². The molecule has 2 N–H and O–H groups in total. The second-order valence-corrected chi connectivity index (χ2v) is 4.61. The number of hydrogen-bond acceptors (Lipinski definition) is 2.